The minimum absolute atomic E-state index is 0.0983. The van der Waals surface area contributed by atoms with Crippen molar-refractivity contribution in [2.45, 2.75) is 26.7 Å². The molecule has 116 valence electrons. The molecule has 0 fully saturated rings. The van der Waals surface area contributed by atoms with Crippen molar-refractivity contribution in [3.8, 4) is 0 Å². The molecule has 0 radical (unpaired) electrons. The monoisotopic (exact) mass is 297 g/mol. The summed E-state index contributed by atoms with van der Waals surface area (Å²) in [6, 6.07) is 3.53. The summed E-state index contributed by atoms with van der Waals surface area (Å²) < 4.78 is 0. The fourth-order valence-corrected chi connectivity index (χ4v) is 1.91. The lowest BCUT2D eigenvalue weighted by Crippen LogP contribution is -2.23. The first-order valence-electron chi connectivity index (χ1n) is 6.54. The number of nitrogens with zero attached hydrogens (tertiary/aromatic N) is 2. The summed E-state index contributed by atoms with van der Waals surface area (Å²) in [4.78, 5) is 20.4. The van der Waals surface area contributed by atoms with Crippen LogP contribution in [-0.4, -0.2) is 28.1 Å². The van der Waals surface area contributed by atoms with Gasteiger partial charge in [-0.05, 0) is 24.3 Å². The first-order chi connectivity index (χ1) is 9.76. The van der Waals surface area contributed by atoms with Gasteiger partial charge >= 0.3 is 0 Å². The molecule has 0 unspecified atom stereocenters. The first kappa shape index (κ1) is 16.8. The Kier molecular flexibility index (Phi) is 5.60. The van der Waals surface area contributed by atoms with E-state index in [1.807, 2.05) is 13.8 Å². The predicted molar refractivity (Wildman–Crippen MR) is 78.3 cm³/mol. The highest BCUT2D eigenvalue weighted by atomic mass is 16.6. The van der Waals surface area contributed by atoms with Crippen molar-refractivity contribution in [1.82, 2.24) is 0 Å². The number of benzene rings is 1. The van der Waals surface area contributed by atoms with Crippen molar-refractivity contribution in [3.63, 3.8) is 0 Å². The molecule has 21 heavy (non-hydrogen) atoms. The smallest absolute Gasteiger partial charge is 0.299 e. The summed E-state index contributed by atoms with van der Waals surface area (Å²) in [5.41, 5.74) is -0.533. The number of non-ortho nitro benzene ring substituents is 1. The molecule has 0 bridgehead atoms. The Morgan fingerprint density at radius 1 is 1.24 bits per heavy atom. The number of nitrogens with one attached hydrogen (secondary N) is 1. The van der Waals surface area contributed by atoms with E-state index in [0.29, 0.717) is 13.0 Å². The van der Waals surface area contributed by atoms with Gasteiger partial charge in [-0.25, -0.2) is 0 Å². The normalized spacial score (nSPS) is 11.2. The van der Waals surface area contributed by atoms with Crippen LogP contribution >= 0.6 is 0 Å². The van der Waals surface area contributed by atoms with Gasteiger partial charge in [-0.3, -0.25) is 20.2 Å². The molecule has 0 aromatic heterocycles. The maximum Gasteiger partial charge on any atom is 0.299 e. The average Bonchev–Trinajstić information content (AvgIpc) is 2.42. The van der Waals surface area contributed by atoms with E-state index in [1.54, 1.807) is 0 Å². The Labute approximate surface area is 122 Å². The molecule has 2 N–H and O–H groups in total. The maximum absolute atomic E-state index is 11.0. The van der Waals surface area contributed by atoms with Crippen LogP contribution in [-0.2, 0) is 0 Å². The highest BCUT2D eigenvalue weighted by Crippen LogP contribution is 2.30. The minimum atomic E-state index is -0.665. The Morgan fingerprint density at radius 3 is 2.43 bits per heavy atom. The van der Waals surface area contributed by atoms with Crippen molar-refractivity contribution in [1.29, 1.82) is 0 Å². The molecule has 0 spiro atoms. The predicted octanol–water partition coefficient (Wildman–Crippen LogP) is 2.71. The maximum atomic E-state index is 11.0. The van der Waals surface area contributed by atoms with Crippen molar-refractivity contribution in [2.75, 3.05) is 18.5 Å². The molecule has 0 atom stereocenters. The number of aliphatic hydroxyl groups excluding tert-OH is 1. The third-order valence-electron chi connectivity index (χ3n) is 3.16. The number of hydrogen-bond acceptors (Lipinski definition) is 6. The number of nitro benzene ring substituents is 2. The third kappa shape index (κ3) is 4.99. The summed E-state index contributed by atoms with van der Waals surface area (Å²) in [6.45, 7) is 4.52. The zero-order valence-corrected chi connectivity index (χ0v) is 12.0. The summed E-state index contributed by atoms with van der Waals surface area (Å²) >= 11 is 0. The summed E-state index contributed by atoms with van der Waals surface area (Å²) in [5.74, 6) is 0. The van der Waals surface area contributed by atoms with Gasteiger partial charge in [0, 0.05) is 19.2 Å². The van der Waals surface area contributed by atoms with Crippen LogP contribution in [0.5, 0.6) is 0 Å². The molecule has 0 aliphatic carbocycles. The van der Waals surface area contributed by atoms with Gasteiger partial charge in [-0.15, -0.1) is 0 Å². The largest absolute Gasteiger partial charge is 0.396 e. The van der Waals surface area contributed by atoms with Crippen LogP contribution in [0, 0.1) is 25.6 Å². The average molecular weight is 297 g/mol. The number of rotatable bonds is 8. The van der Waals surface area contributed by atoms with E-state index in [-0.39, 0.29) is 29.1 Å². The quantitative estimate of drug-likeness (QED) is 0.562. The highest BCUT2D eigenvalue weighted by Gasteiger charge is 2.22. The van der Waals surface area contributed by atoms with Gasteiger partial charge in [0.15, 0.2) is 0 Å². The Hall–Kier alpha value is -2.22. The van der Waals surface area contributed by atoms with Gasteiger partial charge in [0.05, 0.1) is 15.9 Å². The van der Waals surface area contributed by atoms with Gasteiger partial charge in [-0.2, -0.15) is 0 Å². The van der Waals surface area contributed by atoms with Crippen LogP contribution in [0.1, 0.15) is 26.7 Å². The second-order valence-corrected chi connectivity index (χ2v) is 5.56. The van der Waals surface area contributed by atoms with E-state index in [0.717, 1.165) is 12.5 Å². The lowest BCUT2D eigenvalue weighted by Gasteiger charge is -2.25. The molecular weight excluding hydrogens is 278 g/mol. The molecule has 0 saturated carbocycles. The second-order valence-electron chi connectivity index (χ2n) is 5.56. The van der Waals surface area contributed by atoms with Gasteiger partial charge in [0.25, 0.3) is 11.4 Å². The van der Waals surface area contributed by atoms with Crippen molar-refractivity contribution >= 4 is 17.1 Å². The van der Waals surface area contributed by atoms with E-state index in [1.165, 1.54) is 12.1 Å². The Morgan fingerprint density at radius 2 is 1.90 bits per heavy atom. The Bertz CT molecular complexity index is 531. The molecule has 0 aliphatic rings. The zero-order chi connectivity index (χ0) is 16.0. The van der Waals surface area contributed by atoms with Gasteiger partial charge in [0.2, 0.25) is 0 Å². The SMILES string of the molecule is CC(C)(CCCO)CNc1ccc([N+](=O)[O-])cc1[N+](=O)[O-]. The number of nitro groups is 2. The third-order valence-corrected chi connectivity index (χ3v) is 3.16. The summed E-state index contributed by atoms with van der Waals surface area (Å²) in [5, 5.41) is 33.5. The van der Waals surface area contributed by atoms with E-state index in [2.05, 4.69) is 5.32 Å². The second kappa shape index (κ2) is 6.98. The molecule has 1 aromatic rings. The Balaban J connectivity index is 2.88. The molecule has 1 rings (SSSR count). The van der Waals surface area contributed by atoms with Crippen LogP contribution in [0.2, 0.25) is 0 Å². The molecular formula is C13H19N3O5. The van der Waals surface area contributed by atoms with Crippen LogP contribution in [0.4, 0.5) is 17.1 Å². The molecule has 0 aliphatic heterocycles. The lowest BCUT2D eigenvalue weighted by atomic mass is 9.88. The molecule has 0 amide bonds. The molecule has 8 nitrogen and oxygen atoms in total. The van der Waals surface area contributed by atoms with E-state index < -0.39 is 9.85 Å². The zero-order valence-electron chi connectivity index (χ0n) is 12.0. The van der Waals surface area contributed by atoms with Crippen molar-refractivity contribution < 1.29 is 15.0 Å². The fraction of sp³-hybridized carbons (Fsp3) is 0.538. The van der Waals surface area contributed by atoms with Crippen molar-refractivity contribution in [2.24, 2.45) is 5.41 Å². The van der Waals surface area contributed by atoms with Gasteiger partial charge in [-0.1, -0.05) is 13.8 Å². The van der Waals surface area contributed by atoms with E-state index in [9.17, 15) is 20.2 Å². The highest BCUT2D eigenvalue weighted by molar-refractivity contribution is 5.65. The number of aliphatic hydroxyl groups is 1. The fourth-order valence-electron chi connectivity index (χ4n) is 1.91. The van der Waals surface area contributed by atoms with Gasteiger partial charge in [0.1, 0.15) is 5.69 Å². The molecule has 8 heteroatoms. The van der Waals surface area contributed by atoms with Crippen LogP contribution in [0.15, 0.2) is 18.2 Å². The topological polar surface area (TPSA) is 119 Å². The number of hydrogen-bond donors (Lipinski definition) is 2. The standard InChI is InChI=1S/C13H19N3O5/c1-13(2,6-3-7-17)9-14-11-5-4-10(15(18)19)8-12(11)16(20)21/h4-5,8,14,17H,3,6-7,9H2,1-2H3. The lowest BCUT2D eigenvalue weighted by molar-refractivity contribution is -0.393. The molecule has 0 heterocycles. The molecule has 1 aromatic carbocycles. The summed E-state index contributed by atoms with van der Waals surface area (Å²) in [6.07, 6.45) is 1.41. The van der Waals surface area contributed by atoms with Crippen LogP contribution < -0.4 is 5.32 Å². The van der Waals surface area contributed by atoms with Crippen LogP contribution in [0.3, 0.4) is 0 Å². The van der Waals surface area contributed by atoms with E-state index >= 15 is 0 Å². The van der Waals surface area contributed by atoms with Crippen molar-refractivity contribution in [3.05, 3.63) is 38.4 Å². The molecule has 0 saturated heterocycles. The van der Waals surface area contributed by atoms with E-state index in [4.69, 9.17) is 5.11 Å². The van der Waals surface area contributed by atoms with Gasteiger partial charge < -0.3 is 10.4 Å². The van der Waals surface area contributed by atoms with Crippen LogP contribution in [0.25, 0.3) is 0 Å². The summed E-state index contributed by atoms with van der Waals surface area (Å²) in [7, 11) is 0. The minimum Gasteiger partial charge on any atom is -0.396 e. The first-order valence-corrected chi connectivity index (χ1v) is 6.54. The number of anilines is 1.